The standard InChI is InChI=1S/C18H21FN2O4S/c1-18(2,3)25-17(22)21-11-9-14(19)12-26(23,24)15-8-4-6-13-7-5-10-20-16(13)15/h4-10H,11-12H2,1-3H3,(H,21,22)/b14-9-. The lowest BCUT2D eigenvalue weighted by molar-refractivity contribution is 0.0534. The van der Waals surface area contributed by atoms with Gasteiger partial charge in [0.1, 0.15) is 17.2 Å². The third kappa shape index (κ3) is 5.52. The molecule has 0 bridgehead atoms. The number of carbonyl (C=O) groups excluding carboxylic acids is 1. The van der Waals surface area contributed by atoms with Crippen molar-refractivity contribution in [2.45, 2.75) is 31.3 Å². The lowest BCUT2D eigenvalue weighted by atomic mass is 10.2. The van der Waals surface area contributed by atoms with Gasteiger partial charge < -0.3 is 10.1 Å². The Balaban J connectivity index is 2.07. The second kappa shape index (κ2) is 7.82. The Bertz CT molecular complexity index is 928. The molecule has 2 rings (SSSR count). The Morgan fingerprint density at radius 2 is 1.96 bits per heavy atom. The normalized spacial score (nSPS) is 12.8. The van der Waals surface area contributed by atoms with E-state index in [1.807, 2.05) is 0 Å². The van der Waals surface area contributed by atoms with E-state index in [4.69, 9.17) is 4.74 Å². The molecule has 140 valence electrons. The minimum absolute atomic E-state index is 0.0285. The highest BCUT2D eigenvalue weighted by molar-refractivity contribution is 7.91. The van der Waals surface area contributed by atoms with Crippen molar-refractivity contribution in [3.05, 3.63) is 48.4 Å². The SMILES string of the molecule is CC(C)(C)OC(=O)NC/C=C(\F)CS(=O)(=O)c1cccc2cccnc12. The van der Waals surface area contributed by atoms with Crippen molar-refractivity contribution >= 4 is 26.8 Å². The summed E-state index contributed by atoms with van der Waals surface area (Å²) in [5.41, 5.74) is -0.369. The first-order chi connectivity index (χ1) is 12.1. The van der Waals surface area contributed by atoms with Gasteiger partial charge in [0.05, 0.1) is 10.4 Å². The van der Waals surface area contributed by atoms with Crippen molar-refractivity contribution in [1.82, 2.24) is 10.3 Å². The minimum atomic E-state index is -3.92. The maximum Gasteiger partial charge on any atom is 0.407 e. The number of fused-ring (bicyclic) bond motifs is 1. The molecule has 1 aromatic carbocycles. The molecule has 6 nitrogen and oxygen atoms in total. The summed E-state index contributed by atoms with van der Waals surface area (Å²) in [7, 11) is -3.92. The van der Waals surface area contributed by atoms with Gasteiger partial charge in [-0.3, -0.25) is 4.98 Å². The van der Waals surface area contributed by atoms with Crippen LogP contribution in [-0.4, -0.2) is 37.4 Å². The van der Waals surface area contributed by atoms with E-state index in [0.29, 0.717) is 10.9 Å². The summed E-state index contributed by atoms with van der Waals surface area (Å²) < 4.78 is 44.1. The highest BCUT2D eigenvalue weighted by Gasteiger charge is 2.20. The van der Waals surface area contributed by atoms with E-state index in [-0.39, 0.29) is 11.4 Å². The summed E-state index contributed by atoms with van der Waals surface area (Å²) in [5, 5.41) is 3.00. The van der Waals surface area contributed by atoms with Gasteiger partial charge in [-0.05, 0) is 39.0 Å². The molecule has 26 heavy (non-hydrogen) atoms. The van der Waals surface area contributed by atoms with E-state index < -0.39 is 33.1 Å². The van der Waals surface area contributed by atoms with Crippen molar-refractivity contribution in [3.63, 3.8) is 0 Å². The Labute approximate surface area is 152 Å². The Hall–Kier alpha value is -2.48. The van der Waals surface area contributed by atoms with E-state index in [0.717, 1.165) is 6.08 Å². The smallest absolute Gasteiger partial charge is 0.407 e. The van der Waals surface area contributed by atoms with Crippen LogP contribution >= 0.6 is 0 Å². The van der Waals surface area contributed by atoms with Gasteiger partial charge in [0, 0.05) is 18.1 Å². The average Bonchev–Trinajstić information content (AvgIpc) is 2.52. The first-order valence-electron chi connectivity index (χ1n) is 7.96. The van der Waals surface area contributed by atoms with Crippen LogP contribution in [0.5, 0.6) is 0 Å². The fraction of sp³-hybridized carbons (Fsp3) is 0.333. The van der Waals surface area contributed by atoms with E-state index in [9.17, 15) is 17.6 Å². The van der Waals surface area contributed by atoms with Gasteiger partial charge >= 0.3 is 6.09 Å². The molecule has 0 spiro atoms. The number of alkyl carbamates (subject to hydrolysis) is 1. The van der Waals surface area contributed by atoms with Gasteiger partial charge in [-0.1, -0.05) is 18.2 Å². The van der Waals surface area contributed by atoms with Gasteiger partial charge in [-0.15, -0.1) is 0 Å². The van der Waals surface area contributed by atoms with Crippen molar-refractivity contribution < 1.29 is 22.3 Å². The number of carbonyl (C=O) groups is 1. The van der Waals surface area contributed by atoms with Gasteiger partial charge in [0.25, 0.3) is 0 Å². The molecule has 1 N–H and O–H groups in total. The van der Waals surface area contributed by atoms with E-state index in [1.54, 1.807) is 45.0 Å². The van der Waals surface area contributed by atoms with Crippen LogP contribution in [0.15, 0.2) is 53.3 Å². The zero-order valence-electron chi connectivity index (χ0n) is 14.8. The number of nitrogens with zero attached hydrogens (tertiary/aromatic N) is 1. The topological polar surface area (TPSA) is 85.4 Å². The highest BCUT2D eigenvalue weighted by Crippen LogP contribution is 2.23. The number of para-hydroxylation sites is 1. The molecule has 0 saturated heterocycles. The molecule has 0 aliphatic heterocycles. The monoisotopic (exact) mass is 380 g/mol. The third-order valence-corrected chi connectivity index (χ3v) is 4.88. The highest BCUT2D eigenvalue weighted by atomic mass is 32.2. The number of hydrogen-bond acceptors (Lipinski definition) is 5. The van der Waals surface area contributed by atoms with Crippen LogP contribution in [0.4, 0.5) is 9.18 Å². The van der Waals surface area contributed by atoms with Crippen molar-refractivity contribution in [3.8, 4) is 0 Å². The lowest BCUT2D eigenvalue weighted by Gasteiger charge is -2.19. The maximum absolute atomic E-state index is 14.0. The summed E-state index contributed by atoms with van der Waals surface area (Å²) in [6.07, 6.45) is 1.78. The molecule has 2 aromatic rings. The molecule has 0 radical (unpaired) electrons. The molecule has 1 aromatic heterocycles. The van der Waals surface area contributed by atoms with Crippen LogP contribution in [0.25, 0.3) is 10.9 Å². The number of pyridine rings is 1. The molecule has 0 aliphatic carbocycles. The summed E-state index contributed by atoms with van der Waals surface area (Å²) in [6, 6.07) is 8.15. The average molecular weight is 380 g/mol. The summed E-state index contributed by atoms with van der Waals surface area (Å²) >= 11 is 0. The molecular weight excluding hydrogens is 359 g/mol. The number of benzene rings is 1. The van der Waals surface area contributed by atoms with Gasteiger partial charge in [0.2, 0.25) is 0 Å². The van der Waals surface area contributed by atoms with Crippen LogP contribution < -0.4 is 5.32 Å². The number of hydrogen-bond donors (Lipinski definition) is 1. The lowest BCUT2D eigenvalue weighted by Crippen LogP contribution is -2.32. The van der Waals surface area contributed by atoms with Crippen LogP contribution in [0.1, 0.15) is 20.8 Å². The van der Waals surface area contributed by atoms with Gasteiger partial charge in [-0.2, -0.15) is 0 Å². The predicted octanol–water partition coefficient (Wildman–Crippen LogP) is 3.39. The maximum atomic E-state index is 14.0. The van der Waals surface area contributed by atoms with E-state index in [2.05, 4.69) is 10.3 Å². The number of ether oxygens (including phenoxy) is 1. The second-order valence-electron chi connectivity index (χ2n) is 6.62. The number of amides is 1. The van der Waals surface area contributed by atoms with E-state index >= 15 is 0 Å². The molecule has 0 atom stereocenters. The number of rotatable bonds is 5. The minimum Gasteiger partial charge on any atom is -0.444 e. The Kier molecular flexibility index (Phi) is 5.97. The molecular formula is C18H21FN2O4S. The fourth-order valence-electron chi connectivity index (χ4n) is 2.20. The number of aromatic nitrogens is 1. The molecule has 0 saturated carbocycles. The van der Waals surface area contributed by atoms with Crippen molar-refractivity contribution in [1.29, 1.82) is 0 Å². The number of nitrogens with one attached hydrogen (secondary N) is 1. The first kappa shape index (κ1) is 19.8. The van der Waals surface area contributed by atoms with Gasteiger partial charge in [0.15, 0.2) is 9.84 Å². The van der Waals surface area contributed by atoms with E-state index in [1.165, 1.54) is 12.3 Å². The second-order valence-corrected chi connectivity index (χ2v) is 8.58. The first-order valence-corrected chi connectivity index (χ1v) is 9.61. The zero-order chi connectivity index (χ0) is 19.4. The van der Waals surface area contributed by atoms with Crippen LogP contribution in [0.3, 0.4) is 0 Å². The number of sulfone groups is 1. The molecule has 1 heterocycles. The summed E-state index contributed by atoms with van der Waals surface area (Å²) in [6.45, 7) is 4.93. The van der Waals surface area contributed by atoms with Crippen molar-refractivity contribution in [2.75, 3.05) is 12.3 Å². The Morgan fingerprint density at radius 3 is 2.65 bits per heavy atom. The predicted molar refractivity (Wildman–Crippen MR) is 97.2 cm³/mol. The molecule has 0 unspecified atom stereocenters. The fourth-order valence-corrected chi connectivity index (χ4v) is 3.59. The summed E-state index contributed by atoms with van der Waals surface area (Å²) in [5.74, 6) is -1.67. The number of halogens is 1. The van der Waals surface area contributed by atoms with Crippen LogP contribution in [0, 0.1) is 0 Å². The quantitative estimate of drug-likeness (QED) is 0.859. The Morgan fingerprint density at radius 1 is 1.27 bits per heavy atom. The third-order valence-electron chi connectivity index (χ3n) is 3.23. The van der Waals surface area contributed by atoms with Crippen molar-refractivity contribution in [2.24, 2.45) is 0 Å². The molecule has 8 heteroatoms. The van der Waals surface area contributed by atoms with Crippen LogP contribution in [0.2, 0.25) is 0 Å². The zero-order valence-corrected chi connectivity index (χ0v) is 15.6. The molecule has 1 amide bonds. The summed E-state index contributed by atoms with van der Waals surface area (Å²) in [4.78, 5) is 15.5. The van der Waals surface area contributed by atoms with Crippen LogP contribution in [-0.2, 0) is 14.6 Å². The molecule has 0 aliphatic rings. The largest absolute Gasteiger partial charge is 0.444 e. The van der Waals surface area contributed by atoms with Gasteiger partial charge in [-0.25, -0.2) is 17.6 Å². The molecule has 0 fully saturated rings.